The number of fused-ring (bicyclic) bond motifs is 1. The second-order valence-corrected chi connectivity index (χ2v) is 2.08. The summed E-state index contributed by atoms with van der Waals surface area (Å²) >= 11 is 0. The van der Waals surface area contributed by atoms with E-state index >= 15 is 0 Å². The van der Waals surface area contributed by atoms with Crippen LogP contribution >= 0.6 is 0 Å². The Bertz CT molecular complexity index is 140. The van der Waals surface area contributed by atoms with Crippen LogP contribution in [0.4, 0.5) is 0 Å². The van der Waals surface area contributed by atoms with Crippen LogP contribution in [-0.4, -0.2) is 0 Å². The van der Waals surface area contributed by atoms with Crippen LogP contribution in [-0.2, 0) is 0 Å². The highest BCUT2D eigenvalue weighted by molar-refractivity contribution is 5.48. The Morgan fingerprint density at radius 3 is 2.57 bits per heavy atom. The summed E-state index contributed by atoms with van der Waals surface area (Å²) in [6, 6.07) is 0. The van der Waals surface area contributed by atoms with Crippen LogP contribution in [0.15, 0.2) is 23.8 Å². The Balaban J connectivity index is 2.34. The minimum atomic E-state index is 1.32. The average Bonchev–Trinajstić information content (AvgIpc) is 1.85. The van der Waals surface area contributed by atoms with Gasteiger partial charge in [-0.15, -0.1) is 0 Å². The number of rotatable bonds is 0. The molecule has 1 radical (unpaired) electrons. The van der Waals surface area contributed by atoms with E-state index in [1.165, 1.54) is 12.8 Å². The van der Waals surface area contributed by atoms with Gasteiger partial charge in [-0.3, -0.25) is 0 Å². The molecular weight excluding hydrogens is 84.1 g/mol. The zero-order valence-corrected chi connectivity index (χ0v) is 4.15. The fourth-order valence-electron chi connectivity index (χ4n) is 1.07. The zero-order valence-electron chi connectivity index (χ0n) is 4.15. The number of hydrogen-bond acceptors (Lipinski definition) is 0. The van der Waals surface area contributed by atoms with Gasteiger partial charge in [-0.2, -0.15) is 0 Å². The summed E-state index contributed by atoms with van der Waals surface area (Å²) in [6.45, 7) is 0. The molecule has 2 rings (SSSR count). The lowest BCUT2D eigenvalue weighted by molar-refractivity contribution is 0.755. The second kappa shape index (κ2) is 1.00. The molecule has 0 aromatic carbocycles. The molecule has 2 aliphatic carbocycles. The molecule has 0 saturated heterocycles. The highest BCUT2D eigenvalue weighted by atomic mass is 14.3. The molecule has 0 bridgehead atoms. The smallest absolute Gasteiger partial charge is 0.0229 e. The molecule has 0 amide bonds. The van der Waals surface area contributed by atoms with E-state index in [1.807, 2.05) is 0 Å². The Morgan fingerprint density at radius 2 is 2.29 bits per heavy atom. The summed E-state index contributed by atoms with van der Waals surface area (Å²) in [6.07, 6.45) is 9.19. The van der Waals surface area contributed by atoms with Crippen molar-refractivity contribution in [2.75, 3.05) is 0 Å². The van der Waals surface area contributed by atoms with E-state index in [1.54, 1.807) is 11.5 Å². The Hall–Kier alpha value is -0.520. The molecule has 0 nitrogen and oxygen atoms in total. The predicted molar refractivity (Wildman–Crippen MR) is 29.7 cm³/mol. The molecule has 1 saturated carbocycles. The highest BCUT2D eigenvalue weighted by Crippen LogP contribution is 2.39. The van der Waals surface area contributed by atoms with Crippen molar-refractivity contribution in [2.24, 2.45) is 0 Å². The molecule has 0 heterocycles. The summed E-state index contributed by atoms with van der Waals surface area (Å²) < 4.78 is 0. The standard InChI is InChI=1S/C7H7/c1-2-6-4-5-7(6)3-1/h1-3H,4-5H2. The van der Waals surface area contributed by atoms with E-state index < -0.39 is 0 Å². The van der Waals surface area contributed by atoms with Gasteiger partial charge in [-0.25, -0.2) is 0 Å². The summed E-state index contributed by atoms with van der Waals surface area (Å²) in [4.78, 5) is 0. The van der Waals surface area contributed by atoms with E-state index in [9.17, 15) is 0 Å². The summed E-state index contributed by atoms with van der Waals surface area (Å²) in [5, 5.41) is 0. The summed E-state index contributed by atoms with van der Waals surface area (Å²) in [5.74, 6) is 1.57. The molecule has 0 aromatic rings. The van der Waals surface area contributed by atoms with Crippen LogP contribution in [0, 0.1) is 5.92 Å². The fraction of sp³-hybridized carbons (Fsp3) is 0.286. The molecule has 0 aliphatic heterocycles. The van der Waals surface area contributed by atoms with Crippen molar-refractivity contribution < 1.29 is 0 Å². The minimum absolute atomic E-state index is 1.32. The van der Waals surface area contributed by atoms with Crippen molar-refractivity contribution in [2.45, 2.75) is 12.8 Å². The van der Waals surface area contributed by atoms with Gasteiger partial charge in [0.15, 0.2) is 0 Å². The molecular formula is C7H7. The molecule has 0 spiro atoms. The predicted octanol–water partition coefficient (Wildman–Crippen LogP) is 1.85. The first kappa shape index (κ1) is 3.48. The van der Waals surface area contributed by atoms with Gasteiger partial charge >= 0.3 is 0 Å². The van der Waals surface area contributed by atoms with Crippen molar-refractivity contribution in [3.8, 4) is 0 Å². The SMILES string of the molecule is C1=C[C]2CCC2=C1. The molecule has 7 heavy (non-hydrogen) atoms. The minimum Gasteiger partial charge on any atom is -0.0731 e. The lowest BCUT2D eigenvalue weighted by Gasteiger charge is -2.21. The van der Waals surface area contributed by atoms with Crippen molar-refractivity contribution in [3.63, 3.8) is 0 Å². The van der Waals surface area contributed by atoms with E-state index in [0.717, 1.165) is 0 Å². The third-order valence-electron chi connectivity index (χ3n) is 1.67. The fourth-order valence-corrected chi connectivity index (χ4v) is 1.07. The third kappa shape index (κ3) is 0.317. The van der Waals surface area contributed by atoms with Crippen LogP contribution in [0.2, 0.25) is 0 Å². The number of hydrogen-bond donors (Lipinski definition) is 0. The van der Waals surface area contributed by atoms with Gasteiger partial charge in [0.25, 0.3) is 0 Å². The van der Waals surface area contributed by atoms with Gasteiger partial charge in [-0.1, -0.05) is 23.8 Å². The molecule has 0 aromatic heterocycles. The molecule has 1 fully saturated rings. The first-order chi connectivity index (χ1) is 3.47. The normalized spacial score (nSPS) is 26.6. The highest BCUT2D eigenvalue weighted by Gasteiger charge is 2.23. The van der Waals surface area contributed by atoms with Crippen LogP contribution in [0.3, 0.4) is 0 Å². The van der Waals surface area contributed by atoms with E-state index in [2.05, 4.69) is 18.2 Å². The maximum Gasteiger partial charge on any atom is 0.0229 e. The Kier molecular flexibility index (Phi) is 0.498. The maximum absolute atomic E-state index is 2.21. The monoisotopic (exact) mass is 91.1 g/mol. The van der Waals surface area contributed by atoms with Gasteiger partial charge in [0, 0.05) is 5.92 Å². The van der Waals surface area contributed by atoms with Gasteiger partial charge in [0.05, 0.1) is 0 Å². The van der Waals surface area contributed by atoms with E-state index in [-0.39, 0.29) is 0 Å². The second-order valence-electron chi connectivity index (χ2n) is 2.08. The first-order valence-electron chi connectivity index (χ1n) is 2.70. The molecule has 0 N–H and O–H groups in total. The van der Waals surface area contributed by atoms with E-state index in [4.69, 9.17) is 0 Å². The van der Waals surface area contributed by atoms with Crippen molar-refractivity contribution in [3.05, 3.63) is 29.7 Å². The Labute approximate surface area is 43.5 Å². The van der Waals surface area contributed by atoms with Gasteiger partial charge in [0.1, 0.15) is 0 Å². The van der Waals surface area contributed by atoms with Gasteiger partial charge in [-0.05, 0) is 12.8 Å². The van der Waals surface area contributed by atoms with Gasteiger partial charge < -0.3 is 0 Å². The average molecular weight is 91.1 g/mol. The van der Waals surface area contributed by atoms with Crippen LogP contribution in [0.25, 0.3) is 0 Å². The van der Waals surface area contributed by atoms with Crippen molar-refractivity contribution in [1.82, 2.24) is 0 Å². The molecule has 0 heteroatoms. The quantitative estimate of drug-likeness (QED) is 0.426. The lowest BCUT2D eigenvalue weighted by Crippen LogP contribution is -2.06. The molecule has 0 atom stereocenters. The van der Waals surface area contributed by atoms with Crippen LogP contribution in [0.5, 0.6) is 0 Å². The molecule has 35 valence electrons. The van der Waals surface area contributed by atoms with E-state index in [0.29, 0.717) is 0 Å². The van der Waals surface area contributed by atoms with Crippen LogP contribution < -0.4 is 0 Å². The summed E-state index contributed by atoms with van der Waals surface area (Å²) in [5.41, 5.74) is 1.57. The third-order valence-corrected chi connectivity index (χ3v) is 1.67. The Morgan fingerprint density at radius 1 is 1.29 bits per heavy atom. The zero-order chi connectivity index (χ0) is 4.69. The maximum atomic E-state index is 2.21. The summed E-state index contributed by atoms with van der Waals surface area (Å²) in [7, 11) is 0. The molecule has 0 unspecified atom stereocenters. The van der Waals surface area contributed by atoms with Gasteiger partial charge in [0.2, 0.25) is 0 Å². The van der Waals surface area contributed by atoms with Crippen LogP contribution in [0.1, 0.15) is 12.8 Å². The molecule has 2 aliphatic rings. The number of allylic oxidation sites excluding steroid dienone is 4. The van der Waals surface area contributed by atoms with Crippen molar-refractivity contribution >= 4 is 0 Å². The topological polar surface area (TPSA) is 0 Å². The first-order valence-corrected chi connectivity index (χ1v) is 2.70. The van der Waals surface area contributed by atoms with Crippen molar-refractivity contribution in [1.29, 1.82) is 0 Å². The lowest BCUT2D eigenvalue weighted by atomic mass is 9.82. The largest absolute Gasteiger partial charge is 0.0731 e.